The Morgan fingerprint density at radius 1 is 1.69 bits per heavy atom. The molecule has 0 atom stereocenters. The molecule has 0 radical (unpaired) electrons. The number of rotatable bonds is 3. The van der Waals surface area contributed by atoms with Gasteiger partial charge >= 0.3 is 5.97 Å². The molecule has 4 nitrogen and oxygen atoms in total. The van der Waals surface area contributed by atoms with Gasteiger partial charge in [0.05, 0.1) is 0 Å². The highest BCUT2D eigenvalue weighted by Crippen LogP contribution is 2.13. The zero-order valence-electron chi connectivity index (χ0n) is 7.12. The minimum absolute atomic E-state index is 0.0478. The number of aryl methyl sites for hydroxylation is 2. The van der Waals surface area contributed by atoms with Gasteiger partial charge in [-0.2, -0.15) is 0 Å². The molecule has 0 bridgehead atoms. The average Bonchev–Trinajstić information content (AvgIpc) is 2.02. The number of aromatic nitrogens is 2. The molecule has 0 amide bonds. The van der Waals surface area contributed by atoms with Gasteiger partial charge in [0.25, 0.3) is 0 Å². The molecule has 1 N–H and O–H groups in total. The average molecular weight is 201 g/mol. The van der Waals surface area contributed by atoms with E-state index in [4.69, 9.17) is 16.7 Å². The van der Waals surface area contributed by atoms with Crippen LogP contribution in [0.3, 0.4) is 0 Å². The van der Waals surface area contributed by atoms with Crippen molar-refractivity contribution in [3.05, 3.63) is 22.7 Å². The largest absolute Gasteiger partial charge is 0.481 e. The standard InChI is InChI=1S/C8H9ClN2O2/c1-5-10-4-6(8(9)11-5)2-3-7(12)13/h4H,2-3H2,1H3,(H,12,13). The lowest BCUT2D eigenvalue weighted by atomic mass is 10.2. The lowest BCUT2D eigenvalue weighted by Crippen LogP contribution is -2.00. The van der Waals surface area contributed by atoms with E-state index < -0.39 is 5.97 Å². The van der Waals surface area contributed by atoms with Gasteiger partial charge in [-0.25, -0.2) is 9.97 Å². The molecule has 0 saturated carbocycles. The van der Waals surface area contributed by atoms with Crippen LogP contribution in [0.25, 0.3) is 0 Å². The maximum atomic E-state index is 10.3. The van der Waals surface area contributed by atoms with Crippen molar-refractivity contribution in [1.82, 2.24) is 9.97 Å². The van der Waals surface area contributed by atoms with E-state index in [2.05, 4.69) is 9.97 Å². The molecule has 0 aromatic carbocycles. The van der Waals surface area contributed by atoms with Crippen molar-refractivity contribution in [2.75, 3.05) is 0 Å². The van der Waals surface area contributed by atoms with Crippen LogP contribution in [0.2, 0.25) is 5.15 Å². The number of hydrogen-bond donors (Lipinski definition) is 1. The van der Waals surface area contributed by atoms with E-state index in [1.807, 2.05) is 0 Å². The number of halogens is 1. The van der Waals surface area contributed by atoms with Gasteiger partial charge in [-0.15, -0.1) is 0 Å². The smallest absolute Gasteiger partial charge is 0.303 e. The van der Waals surface area contributed by atoms with E-state index in [1.54, 1.807) is 13.1 Å². The molecule has 0 aliphatic heterocycles. The third-order valence-corrected chi connectivity index (χ3v) is 1.87. The number of carbonyl (C=O) groups is 1. The van der Waals surface area contributed by atoms with Gasteiger partial charge in [-0.1, -0.05) is 11.6 Å². The molecule has 0 saturated heterocycles. The van der Waals surface area contributed by atoms with Crippen molar-refractivity contribution in [2.45, 2.75) is 19.8 Å². The molecular weight excluding hydrogens is 192 g/mol. The lowest BCUT2D eigenvalue weighted by molar-refractivity contribution is -0.136. The second-order valence-corrected chi connectivity index (χ2v) is 2.99. The molecule has 1 rings (SSSR count). The number of nitrogens with zero attached hydrogens (tertiary/aromatic N) is 2. The summed E-state index contributed by atoms with van der Waals surface area (Å²) in [7, 11) is 0. The highest BCUT2D eigenvalue weighted by atomic mass is 35.5. The third-order valence-electron chi connectivity index (χ3n) is 1.54. The minimum Gasteiger partial charge on any atom is -0.481 e. The molecule has 1 aromatic heterocycles. The molecule has 0 aliphatic carbocycles. The van der Waals surface area contributed by atoms with Crippen LogP contribution in [0.15, 0.2) is 6.20 Å². The Morgan fingerprint density at radius 3 is 2.92 bits per heavy atom. The molecule has 0 unspecified atom stereocenters. The Morgan fingerprint density at radius 2 is 2.38 bits per heavy atom. The Kier molecular flexibility index (Phi) is 3.19. The van der Waals surface area contributed by atoms with Crippen LogP contribution in [0.4, 0.5) is 0 Å². The van der Waals surface area contributed by atoms with Crippen LogP contribution in [-0.4, -0.2) is 21.0 Å². The van der Waals surface area contributed by atoms with Gasteiger partial charge < -0.3 is 5.11 Å². The predicted molar refractivity (Wildman–Crippen MR) is 47.7 cm³/mol. The van der Waals surface area contributed by atoms with Crippen molar-refractivity contribution in [3.63, 3.8) is 0 Å². The molecule has 70 valence electrons. The van der Waals surface area contributed by atoms with Crippen molar-refractivity contribution >= 4 is 17.6 Å². The Bertz CT molecular complexity index is 328. The van der Waals surface area contributed by atoms with E-state index in [1.165, 1.54) is 0 Å². The van der Waals surface area contributed by atoms with Crippen LogP contribution in [0.1, 0.15) is 17.8 Å². The van der Waals surface area contributed by atoms with Crippen LogP contribution in [-0.2, 0) is 11.2 Å². The summed E-state index contributed by atoms with van der Waals surface area (Å²) in [6.45, 7) is 1.73. The summed E-state index contributed by atoms with van der Waals surface area (Å²) in [4.78, 5) is 18.1. The quantitative estimate of drug-likeness (QED) is 0.751. The van der Waals surface area contributed by atoms with Crippen LogP contribution in [0.5, 0.6) is 0 Å². The van der Waals surface area contributed by atoms with Gasteiger partial charge in [-0.05, 0) is 13.3 Å². The first-order chi connectivity index (χ1) is 6.09. The Hall–Kier alpha value is -1.16. The van der Waals surface area contributed by atoms with Gasteiger partial charge in [0.15, 0.2) is 0 Å². The van der Waals surface area contributed by atoms with Crippen LogP contribution < -0.4 is 0 Å². The fourth-order valence-electron chi connectivity index (χ4n) is 0.877. The second kappa shape index (κ2) is 4.18. The minimum atomic E-state index is -0.850. The van der Waals surface area contributed by atoms with Crippen LogP contribution in [0, 0.1) is 6.92 Å². The first-order valence-corrected chi connectivity index (χ1v) is 4.17. The summed E-state index contributed by atoms with van der Waals surface area (Å²) in [5.41, 5.74) is 0.676. The summed E-state index contributed by atoms with van der Waals surface area (Å²) in [5, 5.41) is 8.78. The number of carboxylic acids is 1. The molecule has 1 heterocycles. The van der Waals surface area contributed by atoms with Crippen molar-refractivity contribution in [3.8, 4) is 0 Å². The molecule has 0 aliphatic rings. The van der Waals surface area contributed by atoms with E-state index in [0.29, 0.717) is 23.0 Å². The van der Waals surface area contributed by atoms with Gasteiger partial charge in [0, 0.05) is 18.2 Å². The zero-order valence-corrected chi connectivity index (χ0v) is 7.88. The third kappa shape index (κ3) is 2.99. The van der Waals surface area contributed by atoms with E-state index in [0.717, 1.165) is 0 Å². The van der Waals surface area contributed by atoms with E-state index in [-0.39, 0.29) is 6.42 Å². The first kappa shape index (κ1) is 9.92. The summed E-state index contributed by atoms with van der Waals surface area (Å²) in [5.74, 6) is -0.263. The molecule has 13 heavy (non-hydrogen) atoms. The van der Waals surface area contributed by atoms with Crippen molar-refractivity contribution < 1.29 is 9.90 Å². The summed E-state index contributed by atoms with van der Waals surface area (Å²) in [6.07, 6.45) is 1.98. The van der Waals surface area contributed by atoms with Gasteiger partial charge in [0.1, 0.15) is 11.0 Å². The van der Waals surface area contributed by atoms with Crippen molar-refractivity contribution in [1.29, 1.82) is 0 Å². The SMILES string of the molecule is Cc1ncc(CCC(=O)O)c(Cl)n1. The number of carboxylic acid groups (broad SMARTS) is 1. The molecule has 0 spiro atoms. The number of aliphatic carboxylic acids is 1. The monoisotopic (exact) mass is 200 g/mol. The Balaban J connectivity index is 2.72. The fraction of sp³-hybridized carbons (Fsp3) is 0.375. The normalized spacial score (nSPS) is 10.0. The predicted octanol–water partition coefficient (Wildman–Crippen LogP) is 1.46. The highest BCUT2D eigenvalue weighted by Gasteiger charge is 2.05. The van der Waals surface area contributed by atoms with Gasteiger partial charge in [0.2, 0.25) is 0 Å². The van der Waals surface area contributed by atoms with Gasteiger partial charge in [-0.3, -0.25) is 4.79 Å². The number of hydrogen-bond acceptors (Lipinski definition) is 3. The topological polar surface area (TPSA) is 63.1 Å². The van der Waals surface area contributed by atoms with E-state index in [9.17, 15) is 4.79 Å². The summed E-state index contributed by atoms with van der Waals surface area (Å²) < 4.78 is 0. The fourth-order valence-corrected chi connectivity index (χ4v) is 1.14. The molecule has 5 heteroatoms. The maximum absolute atomic E-state index is 10.3. The maximum Gasteiger partial charge on any atom is 0.303 e. The summed E-state index contributed by atoms with van der Waals surface area (Å²) in [6, 6.07) is 0. The molecule has 0 fully saturated rings. The van der Waals surface area contributed by atoms with Crippen LogP contribution >= 0.6 is 11.6 Å². The highest BCUT2D eigenvalue weighted by molar-refractivity contribution is 6.30. The lowest BCUT2D eigenvalue weighted by Gasteiger charge is -2.00. The molecular formula is C8H9ClN2O2. The summed E-state index contributed by atoms with van der Waals surface area (Å²) >= 11 is 5.77. The zero-order chi connectivity index (χ0) is 9.84. The Labute approximate surface area is 80.6 Å². The second-order valence-electron chi connectivity index (χ2n) is 2.63. The first-order valence-electron chi connectivity index (χ1n) is 3.79. The van der Waals surface area contributed by atoms with Crippen molar-refractivity contribution in [2.24, 2.45) is 0 Å². The van der Waals surface area contributed by atoms with E-state index >= 15 is 0 Å². The molecule has 1 aromatic rings.